The standard InChI is InChI=1S/C16H14N2O4/c1-8(16(20)21)9-2-4-14-12(6-9)18-15(19)11-7-10(17)3-5-13(11)22-14/h2-8H,17H2,1H3,(H,18,19)(H,20,21). The second kappa shape index (κ2) is 5.07. The highest BCUT2D eigenvalue weighted by molar-refractivity contribution is 6.08. The van der Waals surface area contributed by atoms with Crippen molar-refractivity contribution in [3.05, 3.63) is 47.5 Å². The summed E-state index contributed by atoms with van der Waals surface area (Å²) in [5.74, 6) is -1.09. The Labute approximate surface area is 126 Å². The van der Waals surface area contributed by atoms with E-state index in [2.05, 4.69) is 5.32 Å². The first-order chi connectivity index (χ1) is 10.5. The maximum atomic E-state index is 12.3. The van der Waals surface area contributed by atoms with Gasteiger partial charge in [-0.1, -0.05) is 6.07 Å². The molecular formula is C16H14N2O4. The van der Waals surface area contributed by atoms with Crippen molar-refractivity contribution in [1.82, 2.24) is 0 Å². The molecule has 3 rings (SSSR count). The average Bonchev–Trinajstić information content (AvgIpc) is 2.62. The Morgan fingerprint density at radius 3 is 2.68 bits per heavy atom. The number of carboxylic acid groups (broad SMARTS) is 1. The highest BCUT2D eigenvalue weighted by atomic mass is 16.5. The van der Waals surface area contributed by atoms with Gasteiger partial charge >= 0.3 is 5.97 Å². The summed E-state index contributed by atoms with van der Waals surface area (Å²) >= 11 is 0. The number of nitrogen functional groups attached to an aromatic ring is 1. The van der Waals surface area contributed by atoms with Crippen LogP contribution < -0.4 is 15.8 Å². The molecule has 0 aliphatic carbocycles. The van der Waals surface area contributed by atoms with Crippen LogP contribution in [-0.4, -0.2) is 17.0 Å². The van der Waals surface area contributed by atoms with Gasteiger partial charge in [0.25, 0.3) is 5.91 Å². The van der Waals surface area contributed by atoms with E-state index >= 15 is 0 Å². The first kappa shape index (κ1) is 13.9. The van der Waals surface area contributed by atoms with Crippen molar-refractivity contribution in [3.8, 4) is 11.5 Å². The van der Waals surface area contributed by atoms with Gasteiger partial charge in [-0.25, -0.2) is 0 Å². The summed E-state index contributed by atoms with van der Waals surface area (Å²) in [6.07, 6.45) is 0. The van der Waals surface area contributed by atoms with Crippen LogP contribution >= 0.6 is 0 Å². The predicted molar refractivity (Wildman–Crippen MR) is 81.4 cm³/mol. The molecule has 0 fully saturated rings. The first-order valence-electron chi connectivity index (χ1n) is 6.71. The molecule has 0 saturated carbocycles. The topological polar surface area (TPSA) is 102 Å². The Morgan fingerprint density at radius 1 is 1.23 bits per heavy atom. The second-order valence-corrected chi connectivity index (χ2v) is 5.13. The number of hydrogen-bond acceptors (Lipinski definition) is 4. The van der Waals surface area contributed by atoms with E-state index < -0.39 is 11.9 Å². The Balaban J connectivity index is 2.05. The van der Waals surface area contributed by atoms with Crippen LogP contribution in [0.15, 0.2) is 36.4 Å². The largest absolute Gasteiger partial charge is 0.481 e. The number of ether oxygens (including phenoxy) is 1. The van der Waals surface area contributed by atoms with E-state index in [1.54, 1.807) is 37.3 Å². The van der Waals surface area contributed by atoms with Gasteiger partial charge in [-0.2, -0.15) is 0 Å². The van der Waals surface area contributed by atoms with Crippen LogP contribution in [0.1, 0.15) is 28.8 Å². The van der Waals surface area contributed by atoms with Gasteiger partial charge in [-0.05, 0) is 42.8 Å². The molecule has 1 aliphatic rings. The number of nitrogens with two attached hydrogens (primary N) is 1. The van der Waals surface area contributed by atoms with E-state index in [1.165, 1.54) is 6.07 Å². The van der Waals surface area contributed by atoms with Crippen molar-refractivity contribution in [2.75, 3.05) is 11.1 Å². The maximum absolute atomic E-state index is 12.3. The van der Waals surface area contributed by atoms with E-state index in [9.17, 15) is 9.59 Å². The lowest BCUT2D eigenvalue weighted by Gasteiger charge is -2.12. The van der Waals surface area contributed by atoms with E-state index in [0.717, 1.165) is 0 Å². The lowest BCUT2D eigenvalue weighted by Crippen LogP contribution is -2.12. The van der Waals surface area contributed by atoms with Crippen molar-refractivity contribution >= 4 is 23.3 Å². The van der Waals surface area contributed by atoms with Gasteiger partial charge in [-0.3, -0.25) is 9.59 Å². The minimum atomic E-state index is -0.933. The number of amides is 1. The van der Waals surface area contributed by atoms with Gasteiger partial charge < -0.3 is 20.9 Å². The molecule has 6 nitrogen and oxygen atoms in total. The molecule has 1 unspecified atom stereocenters. The summed E-state index contributed by atoms with van der Waals surface area (Å²) in [5.41, 5.74) is 7.51. The van der Waals surface area contributed by atoms with Gasteiger partial charge in [0.15, 0.2) is 5.75 Å². The van der Waals surface area contributed by atoms with Crippen LogP contribution in [-0.2, 0) is 4.79 Å². The van der Waals surface area contributed by atoms with Crippen LogP contribution in [0.5, 0.6) is 11.5 Å². The number of rotatable bonds is 2. The minimum absolute atomic E-state index is 0.337. The second-order valence-electron chi connectivity index (χ2n) is 5.13. The maximum Gasteiger partial charge on any atom is 0.310 e. The highest BCUT2D eigenvalue weighted by Crippen LogP contribution is 2.37. The Hall–Kier alpha value is -3.02. The SMILES string of the molecule is CC(C(=O)O)c1ccc2c(c1)NC(=O)c1cc(N)ccc1O2. The summed E-state index contributed by atoms with van der Waals surface area (Å²) < 4.78 is 5.74. The molecule has 0 saturated heterocycles. The van der Waals surface area contributed by atoms with Crippen molar-refractivity contribution in [3.63, 3.8) is 0 Å². The fourth-order valence-electron chi connectivity index (χ4n) is 2.27. The Morgan fingerprint density at radius 2 is 1.95 bits per heavy atom. The number of carboxylic acids is 1. The zero-order chi connectivity index (χ0) is 15.9. The third-order valence-corrected chi connectivity index (χ3v) is 3.59. The molecule has 4 N–H and O–H groups in total. The molecule has 0 radical (unpaired) electrons. The van der Waals surface area contributed by atoms with E-state index in [4.69, 9.17) is 15.6 Å². The van der Waals surface area contributed by atoms with Crippen molar-refractivity contribution in [2.45, 2.75) is 12.8 Å². The minimum Gasteiger partial charge on any atom is -0.481 e. The normalized spacial score (nSPS) is 14.0. The third kappa shape index (κ3) is 2.35. The number of fused-ring (bicyclic) bond motifs is 2. The molecule has 6 heteroatoms. The molecular weight excluding hydrogens is 284 g/mol. The van der Waals surface area contributed by atoms with Crippen LogP contribution in [0.4, 0.5) is 11.4 Å². The zero-order valence-corrected chi connectivity index (χ0v) is 11.8. The Bertz CT molecular complexity index is 786. The fraction of sp³-hybridized carbons (Fsp3) is 0.125. The van der Waals surface area contributed by atoms with Crippen molar-refractivity contribution in [2.24, 2.45) is 0 Å². The van der Waals surface area contributed by atoms with Gasteiger partial charge in [0.05, 0.1) is 17.2 Å². The number of benzene rings is 2. The Kier molecular flexibility index (Phi) is 3.21. The van der Waals surface area contributed by atoms with Crippen LogP contribution in [0, 0.1) is 0 Å². The summed E-state index contributed by atoms with van der Waals surface area (Å²) in [7, 11) is 0. The molecule has 112 valence electrons. The highest BCUT2D eigenvalue weighted by Gasteiger charge is 2.23. The molecule has 0 spiro atoms. The fourth-order valence-corrected chi connectivity index (χ4v) is 2.27. The van der Waals surface area contributed by atoms with E-state index in [0.29, 0.717) is 34.0 Å². The molecule has 0 bridgehead atoms. The van der Waals surface area contributed by atoms with Crippen LogP contribution in [0.3, 0.4) is 0 Å². The van der Waals surface area contributed by atoms with Gasteiger partial charge in [0.2, 0.25) is 0 Å². The lowest BCUT2D eigenvalue weighted by atomic mass is 10.0. The van der Waals surface area contributed by atoms with Crippen molar-refractivity contribution < 1.29 is 19.4 Å². The van der Waals surface area contributed by atoms with Crippen LogP contribution in [0.2, 0.25) is 0 Å². The average molecular weight is 298 g/mol. The van der Waals surface area contributed by atoms with Crippen molar-refractivity contribution in [1.29, 1.82) is 0 Å². The molecule has 2 aromatic rings. The first-order valence-corrected chi connectivity index (χ1v) is 6.71. The van der Waals surface area contributed by atoms with Gasteiger partial charge in [0, 0.05) is 5.69 Å². The van der Waals surface area contributed by atoms with E-state index in [1.807, 2.05) is 0 Å². The number of hydrogen-bond donors (Lipinski definition) is 3. The third-order valence-electron chi connectivity index (χ3n) is 3.59. The molecule has 1 heterocycles. The number of nitrogens with one attached hydrogen (secondary N) is 1. The zero-order valence-electron chi connectivity index (χ0n) is 11.8. The molecule has 2 aromatic carbocycles. The quantitative estimate of drug-likeness (QED) is 0.740. The van der Waals surface area contributed by atoms with Gasteiger partial charge in [0.1, 0.15) is 5.75 Å². The number of aliphatic carboxylic acids is 1. The number of carbonyl (C=O) groups excluding carboxylic acids is 1. The van der Waals surface area contributed by atoms with E-state index in [-0.39, 0.29) is 5.91 Å². The molecule has 1 aliphatic heterocycles. The monoisotopic (exact) mass is 298 g/mol. The van der Waals surface area contributed by atoms with Gasteiger partial charge in [-0.15, -0.1) is 0 Å². The predicted octanol–water partition coefficient (Wildman–Crippen LogP) is 2.81. The summed E-state index contributed by atoms with van der Waals surface area (Å²) in [6.45, 7) is 1.58. The smallest absolute Gasteiger partial charge is 0.310 e. The summed E-state index contributed by atoms with van der Waals surface area (Å²) in [5, 5.41) is 11.8. The molecule has 1 amide bonds. The molecule has 0 aromatic heterocycles. The van der Waals surface area contributed by atoms with Crippen LogP contribution in [0.25, 0.3) is 0 Å². The summed E-state index contributed by atoms with van der Waals surface area (Å²) in [6, 6.07) is 9.76. The summed E-state index contributed by atoms with van der Waals surface area (Å²) in [4.78, 5) is 23.4. The number of carbonyl (C=O) groups is 2. The number of anilines is 2. The lowest BCUT2D eigenvalue weighted by molar-refractivity contribution is -0.138. The molecule has 22 heavy (non-hydrogen) atoms. The molecule has 1 atom stereocenters.